The highest BCUT2D eigenvalue weighted by molar-refractivity contribution is 5.84. The monoisotopic (exact) mass is 329 g/mol. The lowest BCUT2D eigenvalue weighted by molar-refractivity contribution is 0.166. The van der Waals surface area contributed by atoms with E-state index < -0.39 is 0 Å². The van der Waals surface area contributed by atoms with Gasteiger partial charge in [-0.25, -0.2) is 0 Å². The third-order valence-electron chi connectivity index (χ3n) is 5.10. The third-order valence-corrected chi connectivity index (χ3v) is 5.10. The zero-order chi connectivity index (χ0) is 17.7. The summed E-state index contributed by atoms with van der Waals surface area (Å²) in [5.41, 5.74) is 2.45. The summed E-state index contributed by atoms with van der Waals surface area (Å²) in [5.74, 6) is 1.51. The van der Waals surface area contributed by atoms with Crippen LogP contribution < -0.4 is 4.74 Å². The summed E-state index contributed by atoms with van der Waals surface area (Å²) in [4.78, 5) is 4.88. The SMILES string of the molecule is CC(C)[C@@H](C)Oc1c(/C=N/C2CCCCC2)cccc1C(C)(C)C. The summed E-state index contributed by atoms with van der Waals surface area (Å²) in [5, 5.41) is 0. The molecular formula is C22H35NO. The molecule has 1 aliphatic rings. The highest BCUT2D eigenvalue weighted by atomic mass is 16.5. The van der Waals surface area contributed by atoms with Crippen LogP contribution in [-0.2, 0) is 5.41 Å². The van der Waals surface area contributed by atoms with Crippen LogP contribution in [0.15, 0.2) is 23.2 Å². The van der Waals surface area contributed by atoms with Crippen molar-refractivity contribution in [3.63, 3.8) is 0 Å². The van der Waals surface area contributed by atoms with Crippen LogP contribution in [0.3, 0.4) is 0 Å². The van der Waals surface area contributed by atoms with Crippen LogP contribution in [0, 0.1) is 5.92 Å². The maximum Gasteiger partial charge on any atom is 0.132 e. The molecule has 0 saturated heterocycles. The van der Waals surface area contributed by atoms with Crippen molar-refractivity contribution in [3.05, 3.63) is 29.3 Å². The minimum absolute atomic E-state index is 0.0563. The molecule has 134 valence electrons. The first-order valence-corrected chi connectivity index (χ1v) is 9.62. The molecule has 0 aliphatic heterocycles. The van der Waals surface area contributed by atoms with Gasteiger partial charge < -0.3 is 4.74 Å². The summed E-state index contributed by atoms with van der Waals surface area (Å²) >= 11 is 0. The molecule has 1 fully saturated rings. The van der Waals surface area contributed by atoms with E-state index in [1.54, 1.807) is 0 Å². The van der Waals surface area contributed by atoms with E-state index >= 15 is 0 Å². The van der Waals surface area contributed by atoms with Gasteiger partial charge in [-0.2, -0.15) is 0 Å². The van der Waals surface area contributed by atoms with Gasteiger partial charge in [0.25, 0.3) is 0 Å². The smallest absolute Gasteiger partial charge is 0.132 e. The molecule has 0 amide bonds. The van der Waals surface area contributed by atoms with Gasteiger partial charge >= 0.3 is 0 Å². The van der Waals surface area contributed by atoms with Crippen LogP contribution in [0.25, 0.3) is 0 Å². The summed E-state index contributed by atoms with van der Waals surface area (Å²) in [7, 11) is 0. The molecule has 0 aromatic heterocycles. The molecule has 2 nitrogen and oxygen atoms in total. The van der Waals surface area contributed by atoms with E-state index in [9.17, 15) is 0 Å². The van der Waals surface area contributed by atoms with Crippen LogP contribution in [-0.4, -0.2) is 18.4 Å². The number of rotatable bonds is 5. The van der Waals surface area contributed by atoms with Crippen molar-refractivity contribution in [2.45, 2.75) is 91.2 Å². The molecule has 0 radical (unpaired) electrons. The fourth-order valence-electron chi connectivity index (χ4n) is 3.12. The predicted octanol–water partition coefficient (Wildman–Crippen LogP) is 6.16. The highest BCUT2D eigenvalue weighted by Crippen LogP contribution is 2.35. The molecule has 1 aliphatic carbocycles. The molecule has 0 heterocycles. The van der Waals surface area contributed by atoms with Crippen molar-refractivity contribution in [3.8, 4) is 5.75 Å². The van der Waals surface area contributed by atoms with Crippen molar-refractivity contribution in [2.24, 2.45) is 10.9 Å². The second-order valence-corrected chi connectivity index (χ2v) is 8.61. The molecule has 0 bridgehead atoms. The lowest BCUT2D eigenvalue weighted by atomic mass is 9.85. The van der Waals surface area contributed by atoms with E-state index in [1.165, 1.54) is 37.7 Å². The largest absolute Gasteiger partial charge is 0.489 e. The Labute approximate surface area is 148 Å². The van der Waals surface area contributed by atoms with Gasteiger partial charge in [-0.15, -0.1) is 0 Å². The quantitative estimate of drug-likeness (QED) is 0.593. The minimum Gasteiger partial charge on any atom is -0.489 e. The maximum absolute atomic E-state index is 6.41. The van der Waals surface area contributed by atoms with Gasteiger partial charge in [-0.3, -0.25) is 4.99 Å². The van der Waals surface area contributed by atoms with Crippen molar-refractivity contribution in [2.75, 3.05) is 0 Å². The Morgan fingerprint density at radius 1 is 1.08 bits per heavy atom. The van der Waals surface area contributed by atoms with Crippen LogP contribution >= 0.6 is 0 Å². The summed E-state index contributed by atoms with van der Waals surface area (Å²) in [6, 6.07) is 6.97. The number of hydrogen-bond donors (Lipinski definition) is 0. The summed E-state index contributed by atoms with van der Waals surface area (Å²) in [6.45, 7) is 13.3. The van der Waals surface area contributed by atoms with Crippen molar-refractivity contribution < 1.29 is 4.74 Å². The fourth-order valence-corrected chi connectivity index (χ4v) is 3.12. The average Bonchev–Trinajstić information content (AvgIpc) is 2.53. The van der Waals surface area contributed by atoms with E-state index in [-0.39, 0.29) is 11.5 Å². The number of aliphatic imine (C=N–C) groups is 1. The normalized spacial score (nSPS) is 18.3. The molecular weight excluding hydrogens is 294 g/mol. The second kappa shape index (κ2) is 8.18. The van der Waals surface area contributed by atoms with Crippen LogP contribution in [0.2, 0.25) is 0 Å². The molecule has 2 heteroatoms. The third kappa shape index (κ3) is 5.09. The van der Waals surface area contributed by atoms with Gasteiger partial charge in [-0.05, 0) is 37.2 Å². The fraction of sp³-hybridized carbons (Fsp3) is 0.682. The molecule has 1 aromatic rings. The van der Waals surface area contributed by atoms with E-state index in [1.807, 2.05) is 0 Å². The molecule has 1 aromatic carbocycles. The van der Waals surface area contributed by atoms with Gasteiger partial charge in [0.15, 0.2) is 0 Å². The van der Waals surface area contributed by atoms with Gasteiger partial charge in [0.2, 0.25) is 0 Å². The second-order valence-electron chi connectivity index (χ2n) is 8.61. The van der Waals surface area contributed by atoms with Gasteiger partial charge in [0.05, 0.1) is 6.10 Å². The first-order chi connectivity index (χ1) is 11.3. The molecule has 0 unspecified atom stereocenters. The van der Waals surface area contributed by atoms with E-state index in [4.69, 9.17) is 9.73 Å². The van der Waals surface area contributed by atoms with Crippen LogP contribution in [0.4, 0.5) is 0 Å². The van der Waals surface area contributed by atoms with Gasteiger partial charge in [-0.1, -0.05) is 66.0 Å². The number of nitrogens with zero attached hydrogens (tertiary/aromatic N) is 1. The van der Waals surface area contributed by atoms with Crippen LogP contribution in [0.1, 0.15) is 84.8 Å². The van der Waals surface area contributed by atoms with Gasteiger partial charge in [0, 0.05) is 23.4 Å². The molecule has 24 heavy (non-hydrogen) atoms. The van der Waals surface area contributed by atoms with E-state index in [2.05, 4.69) is 66.0 Å². The Hall–Kier alpha value is -1.31. The Morgan fingerprint density at radius 3 is 2.33 bits per heavy atom. The minimum atomic E-state index is 0.0563. The Balaban J connectivity index is 2.33. The van der Waals surface area contributed by atoms with E-state index in [0.29, 0.717) is 12.0 Å². The molecule has 0 spiro atoms. The lowest BCUT2D eigenvalue weighted by Gasteiger charge is -2.27. The lowest BCUT2D eigenvalue weighted by Crippen LogP contribution is -2.23. The average molecular weight is 330 g/mol. The maximum atomic E-state index is 6.41. The molecule has 1 saturated carbocycles. The summed E-state index contributed by atoms with van der Waals surface area (Å²) < 4.78 is 6.41. The van der Waals surface area contributed by atoms with Crippen LogP contribution in [0.5, 0.6) is 5.75 Å². The molecule has 2 rings (SSSR count). The van der Waals surface area contributed by atoms with Crippen molar-refractivity contribution >= 4 is 6.21 Å². The predicted molar refractivity (Wildman–Crippen MR) is 105 cm³/mol. The van der Waals surface area contributed by atoms with E-state index in [0.717, 1.165) is 11.3 Å². The van der Waals surface area contributed by atoms with Crippen molar-refractivity contribution in [1.29, 1.82) is 0 Å². The topological polar surface area (TPSA) is 21.6 Å². The number of para-hydroxylation sites is 1. The zero-order valence-electron chi connectivity index (χ0n) is 16.4. The summed E-state index contributed by atoms with van der Waals surface area (Å²) in [6.07, 6.45) is 8.71. The molecule has 1 atom stereocenters. The molecule has 0 N–H and O–H groups in total. The number of hydrogen-bond acceptors (Lipinski definition) is 2. The highest BCUT2D eigenvalue weighted by Gasteiger charge is 2.23. The van der Waals surface area contributed by atoms with Crippen molar-refractivity contribution in [1.82, 2.24) is 0 Å². The number of benzene rings is 1. The Bertz CT molecular complexity index is 548. The first kappa shape index (κ1) is 19.0. The van der Waals surface area contributed by atoms with Gasteiger partial charge in [0.1, 0.15) is 5.75 Å². The Kier molecular flexibility index (Phi) is 6.48. The first-order valence-electron chi connectivity index (χ1n) is 9.62. The Morgan fingerprint density at radius 2 is 1.75 bits per heavy atom. The zero-order valence-corrected chi connectivity index (χ0v) is 16.4. The number of ether oxygens (including phenoxy) is 1. The standard InChI is InChI=1S/C22H35NO/c1-16(2)17(3)24-21-18(11-10-14-20(21)22(4,5)6)15-23-19-12-8-7-9-13-19/h10-11,14-17,19H,7-9,12-13H2,1-6H3/b23-15+/t17-/m1/s1.